The van der Waals surface area contributed by atoms with Gasteiger partial charge in [0.15, 0.2) is 0 Å². The first kappa shape index (κ1) is 10.4. The normalized spacial score (nSPS) is 39.1. The molecule has 1 saturated heterocycles. The number of carbonyl (C=O) groups excluding carboxylic acids is 1. The summed E-state index contributed by atoms with van der Waals surface area (Å²) in [5.41, 5.74) is 5.38. The first-order valence-corrected chi connectivity index (χ1v) is 4.37. The molecule has 0 spiro atoms. The zero-order valence-corrected chi connectivity index (χ0v) is 7.86. The SMILES string of the molecule is CC(=O)NC1[C@H](C)O[C@H](CN)[C@@H]1O. The molecule has 4 atom stereocenters. The molecule has 1 aliphatic heterocycles. The summed E-state index contributed by atoms with van der Waals surface area (Å²) in [5, 5.41) is 12.3. The van der Waals surface area contributed by atoms with E-state index in [1.807, 2.05) is 0 Å². The van der Waals surface area contributed by atoms with Crippen molar-refractivity contribution in [3.05, 3.63) is 0 Å². The van der Waals surface area contributed by atoms with Crippen molar-refractivity contribution in [2.45, 2.75) is 38.2 Å². The summed E-state index contributed by atoms with van der Waals surface area (Å²) in [4.78, 5) is 10.8. The topological polar surface area (TPSA) is 84.6 Å². The fourth-order valence-electron chi connectivity index (χ4n) is 1.58. The lowest BCUT2D eigenvalue weighted by Crippen LogP contribution is -2.47. The number of ether oxygens (including phenoxy) is 1. The maximum atomic E-state index is 10.8. The molecular formula is C8H16N2O3. The van der Waals surface area contributed by atoms with Crippen LogP contribution in [0.1, 0.15) is 13.8 Å². The van der Waals surface area contributed by atoms with Gasteiger partial charge in [-0.05, 0) is 6.92 Å². The number of rotatable bonds is 2. The third-order valence-electron chi connectivity index (χ3n) is 2.25. The lowest BCUT2D eigenvalue weighted by atomic mass is 10.1. The summed E-state index contributed by atoms with van der Waals surface area (Å²) in [6, 6.07) is -0.342. The maximum absolute atomic E-state index is 10.8. The molecule has 1 rings (SSSR count). The molecule has 5 nitrogen and oxygen atoms in total. The minimum atomic E-state index is -0.705. The van der Waals surface area contributed by atoms with Crippen LogP contribution in [0.25, 0.3) is 0 Å². The number of aliphatic hydroxyl groups excluding tert-OH is 1. The Morgan fingerprint density at radius 2 is 2.31 bits per heavy atom. The van der Waals surface area contributed by atoms with E-state index >= 15 is 0 Å². The van der Waals surface area contributed by atoms with Crippen LogP contribution in [0.4, 0.5) is 0 Å². The van der Waals surface area contributed by atoms with Crippen LogP contribution in [0.3, 0.4) is 0 Å². The quantitative estimate of drug-likeness (QED) is 0.497. The van der Waals surface area contributed by atoms with Crippen molar-refractivity contribution < 1.29 is 14.6 Å². The van der Waals surface area contributed by atoms with Crippen LogP contribution in [0, 0.1) is 0 Å². The smallest absolute Gasteiger partial charge is 0.217 e. The van der Waals surface area contributed by atoms with Gasteiger partial charge in [-0.15, -0.1) is 0 Å². The van der Waals surface area contributed by atoms with Crippen molar-refractivity contribution in [1.82, 2.24) is 5.32 Å². The maximum Gasteiger partial charge on any atom is 0.217 e. The van der Waals surface area contributed by atoms with Crippen molar-refractivity contribution in [1.29, 1.82) is 0 Å². The molecule has 5 heteroatoms. The number of amides is 1. The molecule has 1 fully saturated rings. The number of hydrogen-bond donors (Lipinski definition) is 3. The number of nitrogens with one attached hydrogen (secondary N) is 1. The van der Waals surface area contributed by atoms with E-state index in [9.17, 15) is 9.90 Å². The first-order valence-electron chi connectivity index (χ1n) is 4.37. The number of nitrogens with two attached hydrogens (primary N) is 1. The largest absolute Gasteiger partial charge is 0.388 e. The highest BCUT2D eigenvalue weighted by atomic mass is 16.5. The standard InChI is InChI=1S/C8H16N2O3/c1-4-7(10-5(2)11)8(12)6(3-9)13-4/h4,6-8,12H,3,9H2,1-2H3,(H,10,11)/t4-,6+,7?,8-/m0/s1. The molecule has 0 saturated carbocycles. The van der Waals surface area contributed by atoms with E-state index in [1.54, 1.807) is 6.92 Å². The van der Waals surface area contributed by atoms with E-state index in [-0.39, 0.29) is 30.7 Å². The molecule has 1 aliphatic rings. The lowest BCUT2D eigenvalue weighted by Gasteiger charge is -2.18. The van der Waals surface area contributed by atoms with Crippen LogP contribution in [0.2, 0.25) is 0 Å². The molecule has 0 bridgehead atoms. The van der Waals surface area contributed by atoms with E-state index in [0.717, 1.165) is 0 Å². The van der Waals surface area contributed by atoms with Gasteiger partial charge in [0.25, 0.3) is 0 Å². The Hall–Kier alpha value is -0.650. The van der Waals surface area contributed by atoms with Crippen molar-refractivity contribution in [2.24, 2.45) is 5.73 Å². The van der Waals surface area contributed by atoms with Crippen LogP contribution in [-0.4, -0.2) is 41.9 Å². The monoisotopic (exact) mass is 188 g/mol. The molecule has 0 aromatic carbocycles. The van der Waals surface area contributed by atoms with Crippen molar-refractivity contribution in [3.63, 3.8) is 0 Å². The van der Waals surface area contributed by atoms with Gasteiger partial charge in [0.05, 0.1) is 18.2 Å². The van der Waals surface area contributed by atoms with Crippen LogP contribution < -0.4 is 11.1 Å². The predicted molar refractivity (Wildman–Crippen MR) is 47.0 cm³/mol. The third-order valence-corrected chi connectivity index (χ3v) is 2.25. The predicted octanol–water partition coefficient (Wildman–Crippen LogP) is -1.40. The van der Waals surface area contributed by atoms with Crippen LogP contribution >= 0.6 is 0 Å². The highest BCUT2D eigenvalue weighted by Gasteiger charge is 2.40. The number of carbonyl (C=O) groups is 1. The van der Waals surface area contributed by atoms with Crippen molar-refractivity contribution >= 4 is 5.91 Å². The second-order valence-corrected chi connectivity index (χ2v) is 3.33. The van der Waals surface area contributed by atoms with Gasteiger partial charge in [0.2, 0.25) is 5.91 Å². The molecule has 1 heterocycles. The molecule has 0 aromatic rings. The fraction of sp³-hybridized carbons (Fsp3) is 0.875. The fourth-order valence-corrected chi connectivity index (χ4v) is 1.58. The first-order chi connectivity index (χ1) is 6.06. The Morgan fingerprint density at radius 1 is 1.69 bits per heavy atom. The minimum absolute atomic E-state index is 0.169. The van der Waals surface area contributed by atoms with Crippen molar-refractivity contribution in [2.75, 3.05) is 6.54 Å². The Kier molecular flexibility index (Phi) is 3.24. The summed E-state index contributed by atoms with van der Waals surface area (Å²) in [7, 11) is 0. The average Bonchev–Trinajstić information content (AvgIpc) is 2.31. The van der Waals surface area contributed by atoms with Gasteiger partial charge < -0.3 is 20.9 Å². The number of aliphatic hydroxyl groups is 1. The van der Waals surface area contributed by atoms with Gasteiger partial charge in [0.1, 0.15) is 6.10 Å². The summed E-state index contributed by atoms with van der Waals surface area (Å²) >= 11 is 0. The number of hydrogen-bond acceptors (Lipinski definition) is 4. The Morgan fingerprint density at radius 3 is 2.69 bits per heavy atom. The summed E-state index contributed by atoms with van der Waals surface area (Å²) < 4.78 is 5.35. The van der Waals surface area contributed by atoms with Gasteiger partial charge in [-0.25, -0.2) is 0 Å². The molecule has 4 N–H and O–H groups in total. The van der Waals surface area contributed by atoms with E-state index in [4.69, 9.17) is 10.5 Å². The molecule has 0 radical (unpaired) electrons. The van der Waals surface area contributed by atoms with Gasteiger partial charge in [-0.3, -0.25) is 4.79 Å². The molecule has 0 aliphatic carbocycles. The highest BCUT2D eigenvalue weighted by Crippen LogP contribution is 2.19. The highest BCUT2D eigenvalue weighted by molar-refractivity contribution is 5.73. The Labute approximate surface area is 77.2 Å². The van der Waals surface area contributed by atoms with Gasteiger partial charge in [-0.2, -0.15) is 0 Å². The third kappa shape index (κ3) is 2.18. The second-order valence-electron chi connectivity index (χ2n) is 3.33. The van der Waals surface area contributed by atoms with Gasteiger partial charge in [-0.1, -0.05) is 0 Å². The van der Waals surface area contributed by atoms with Crippen molar-refractivity contribution in [3.8, 4) is 0 Å². The average molecular weight is 188 g/mol. The molecule has 1 amide bonds. The lowest BCUT2D eigenvalue weighted by molar-refractivity contribution is -0.120. The van der Waals surface area contributed by atoms with Gasteiger partial charge in [0, 0.05) is 13.5 Å². The molecule has 1 unspecified atom stereocenters. The Balaban J connectivity index is 2.58. The summed E-state index contributed by atoms with van der Waals surface area (Å²) in [6.07, 6.45) is -1.26. The van der Waals surface area contributed by atoms with E-state index in [2.05, 4.69) is 5.32 Å². The van der Waals surface area contributed by atoms with Crippen LogP contribution in [-0.2, 0) is 9.53 Å². The molecule has 0 aromatic heterocycles. The Bertz CT molecular complexity index is 198. The van der Waals surface area contributed by atoms with Crippen LogP contribution in [0.15, 0.2) is 0 Å². The summed E-state index contributed by atoms with van der Waals surface area (Å²) in [5.74, 6) is -0.169. The molecule has 76 valence electrons. The zero-order chi connectivity index (χ0) is 10.0. The second kappa shape index (κ2) is 4.04. The van der Waals surface area contributed by atoms with Crippen LogP contribution in [0.5, 0.6) is 0 Å². The molecular weight excluding hydrogens is 172 g/mol. The van der Waals surface area contributed by atoms with E-state index in [0.29, 0.717) is 0 Å². The minimum Gasteiger partial charge on any atom is -0.388 e. The molecule has 13 heavy (non-hydrogen) atoms. The zero-order valence-electron chi connectivity index (χ0n) is 7.86. The van der Waals surface area contributed by atoms with Gasteiger partial charge >= 0.3 is 0 Å². The summed E-state index contributed by atoms with van der Waals surface area (Å²) in [6.45, 7) is 3.48. The van der Waals surface area contributed by atoms with E-state index in [1.165, 1.54) is 6.92 Å². The van der Waals surface area contributed by atoms with E-state index < -0.39 is 6.10 Å².